The molecular formula is C21H20N4O. The molecule has 2 aromatic carbocycles. The molecule has 0 unspecified atom stereocenters. The topological polar surface area (TPSA) is 61.9 Å². The first-order chi connectivity index (χ1) is 12.7. The van der Waals surface area contributed by atoms with Gasteiger partial charge in [-0.3, -0.25) is 4.79 Å². The summed E-state index contributed by atoms with van der Waals surface area (Å²) in [5.41, 5.74) is 3.15. The highest BCUT2D eigenvalue weighted by Crippen LogP contribution is 2.34. The molecule has 0 radical (unpaired) electrons. The number of carbonyl (C=O) groups is 1. The van der Waals surface area contributed by atoms with Gasteiger partial charge in [0, 0.05) is 18.7 Å². The number of aromatic nitrogens is 2. The van der Waals surface area contributed by atoms with Crippen molar-refractivity contribution in [2.75, 3.05) is 6.54 Å². The third-order valence-corrected chi connectivity index (χ3v) is 5.05. The van der Waals surface area contributed by atoms with Gasteiger partial charge < -0.3 is 9.47 Å². The fourth-order valence-electron chi connectivity index (χ4n) is 3.85. The van der Waals surface area contributed by atoms with Crippen LogP contribution < -0.4 is 0 Å². The third-order valence-electron chi connectivity index (χ3n) is 5.05. The number of rotatable bonds is 3. The largest absolute Gasteiger partial charge is 0.328 e. The van der Waals surface area contributed by atoms with Crippen LogP contribution in [0.4, 0.5) is 0 Å². The van der Waals surface area contributed by atoms with Crippen molar-refractivity contribution in [1.82, 2.24) is 14.5 Å². The smallest absolute Gasteiger partial charge is 0.254 e. The van der Waals surface area contributed by atoms with Crippen molar-refractivity contribution in [1.29, 1.82) is 5.26 Å². The highest BCUT2D eigenvalue weighted by molar-refractivity contribution is 5.95. The molecule has 1 saturated heterocycles. The first-order valence-electron chi connectivity index (χ1n) is 8.99. The number of fused-ring (bicyclic) bond motifs is 1. The Morgan fingerprint density at radius 3 is 2.92 bits per heavy atom. The molecule has 1 atom stereocenters. The molecule has 1 aliphatic rings. The molecule has 4 rings (SSSR count). The maximum Gasteiger partial charge on any atom is 0.254 e. The van der Waals surface area contributed by atoms with Gasteiger partial charge in [-0.2, -0.15) is 5.26 Å². The third kappa shape index (κ3) is 2.64. The first-order valence-corrected chi connectivity index (χ1v) is 8.99. The summed E-state index contributed by atoms with van der Waals surface area (Å²) in [5.74, 6) is 0.926. The molecule has 1 fully saturated rings. The summed E-state index contributed by atoms with van der Waals surface area (Å²) in [6.07, 6.45) is 1.87. The molecule has 5 nitrogen and oxygen atoms in total. The van der Waals surface area contributed by atoms with Crippen molar-refractivity contribution in [3.63, 3.8) is 0 Å². The Labute approximate surface area is 152 Å². The molecule has 1 amide bonds. The normalized spacial score (nSPS) is 16.8. The number of benzene rings is 2. The van der Waals surface area contributed by atoms with Crippen LogP contribution in [-0.2, 0) is 6.54 Å². The first kappa shape index (κ1) is 16.3. The fraction of sp³-hybridized carbons (Fsp3) is 0.286. The quantitative estimate of drug-likeness (QED) is 0.724. The Kier molecular flexibility index (Phi) is 4.18. The molecule has 0 bridgehead atoms. The second kappa shape index (κ2) is 6.64. The Balaban J connectivity index is 1.73. The molecule has 1 aromatic heterocycles. The summed E-state index contributed by atoms with van der Waals surface area (Å²) < 4.78 is 2.21. The van der Waals surface area contributed by atoms with Gasteiger partial charge in [0.25, 0.3) is 5.91 Å². The highest BCUT2D eigenvalue weighted by atomic mass is 16.2. The van der Waals surface area contributed by atoms with E-state index in [1.54, 1.807) is 24.3 Å². The Hall–Kier alpha value is -3.13. The van der Waals surface area contributed by atoms with Gasteiger partial charge in [0.2, 0.25) is 0 Å². The van der Waals surface area contributed by atoms with Crippen molar-refractivity contribution in [3.8, 4) is 6.07 Å². The summed E-state index contributed by atoms with van der Waals surface area (Å²) in [5, 5.41) is 9.10. The van der Waals surface area contributed by atoms with E-state index in [1.165, 1.54) is 0 Å². The van der Waals surface area contributed by atoms with E-state index in [4.69, 9.17) is 10.2 Å². The number of para-hydroxylation sites is 2. The van der Waals surface area contributed by atoms with Crippen LogP contribution in [0.15, 0.2) is 48.5 Å². The number of imidazole rings is 1. The molecule has 0 saturated carbocycles. The summed E-state index contributed by atoms with van der Waals surface area (Å²) in [4.78, 5) is 19.8. The van der Waals surface area contributed by atoms with E-state index in [2.05, 4.69) is 23.6 Å². The maximum atomic E-state index is 13.1. The predicted molar refractivity (Wildman–Crippen MR) is 99.6 cm³/mol. The van der Waals surface area contributed by atoms with Gasteiger partial charge in [-0.05, 0) is 50.1 Å². The summed E-state index contributed by atoms with van der Waals surface area (Å²) in [6, 6.07) is 17.1. The van der Waals surface area contributed by atoms with Gasteiger partial charge in [0.05, 0.1) is 28.7 Å². The van der Waals surface area contributed by atoms with Crippen molar-refractivity contribution in [2.45, 2.75) is 32.4 Å². The number of hydrogen-bond acceptors (Lipinski definition) is 3. The van der Waals surface area contributed by atoms with Crippen molar-refractivity contribution >= 4 is 16.9 Å². The number of carbonyl (C=O) groups excluding carboxylic acids is 1. The number of hydrogen-bond donors (Lipinski definition) is 0. The number of amides is 1. The standard InChI is InChI=1S/C21H20N4O/c1-2-24-18-10-4-3-9-17(18)23-20(24)19-11-6-12-25(19)21(26)16-8-5-7-15(13-16)14-22/h3-5,7-10,13,19H,2,6,11-12H2,1H3/t19-/m0/s1. The number of aryl methyl sites for hydroxylation is 1. The van der Waals surface area contributed by atoms with Gasteiger partial charge in [0.1, 0.15) is 5.82 Å². The molecule has 0 aliphatic carbocycles. The SMILES string of the molecule is CCn1c([C@@H]2CCCN2C(=O)c2cccc(C#N)c2)nc2ccccc21. The lowest BCUT2D eigenvalue weighted by atomic mass is 10.1. The Bertz CT molecular complexity index is 1010. The monoisotopic (exact) mass is 344 g/mol. The van der Waals surface area contributed by atoms with E-state index < -0.39 is 0 Å². The molecule has 5 heteroatoms. The lowest BCUT2D eigenvalue weighted by molar-refractivity contribution is 0.0728. The lowest BCUT2D eigenvalue weighted by Gasteiger charge is -2.25. The fourth-order valence-corrected chi connectivity index (χ4v) is 3.85. The molecular weight excluding hydrogens is 324 g/mol. The van der Waals surface area contributed by atoms with Crippen LogP contribution >= 0.6 is 0 Å². The summed E-state index contributed by atoms with van der Waals surface area (Å²) in [7, 11) is 0. The molecule has 2 heterocycles. The van der Waals surface area contributed by atoms with Crippen LogP contribution in [0.5, 0.6) is 0 Å². The Morgan fingerprint density at radius 1 is 1.27 bits per heavy atom. The molecule has 0 N–H and O–H groups in total. The second-order valence-corrected chi connectivity index (χ2v) is 6.55. The van der Waals surface area contributed by atoms with Crippen LogP contribution in [0.3, 0.4) is 0 Å². The minimum atomic E-state index is -0.0284. The van der Waals surface area contributed by atoms with E-state index in [9.17, 15) is 4.79 Å². The lowest BCUT2D eigenvalue weighted by Crippen LogP contribution is -2.32. The average molecular weight is 344 g/mol. The van der Waals surface area contributed by atoms with Crippen LogP contribution in [0, 0.1) is 11.3 Å². The summed E-state index contributed by atoms with van der Waals surface area (Å²) in [6.45, 7) is 3.64. The molecule has 0 spiro atoms. The van der Waals surface area contributed by atoms with E-state index in [0.717, 1.165) is 36.2 Å². The van der Waals surface area contributed by atoms with Crippen molar-refractivity contribution in [2.24, 2.45) is 0 Å². The molecule has 1 aliphatic heterocycles. The van der Waals surface area contributed by atoms with E-state index >= 15 is 0 Å². The van der Waals surface area contributed by atoms with Crippen molar-refractivity contribution in [3.05, 3.63) is 65.5 Å². The van der Waals surface area contributed by atoms with Gasteiger partial charge in [-0.25, -0.2) is 4.98 Å². The van der Waals surface area contributed by atoms with Crippen LogP contribution in [0.2, 0.25) is 0 Å². The summed E-state index contributed by atoms with van der Waals surface area (Å²) >= 11 is 0. The number of nitrogens with zero attached hydrogens (tertiary/aromatic N) is 4. The van der Waals surface area contributed by atoms with Gasteiger partial charge in [-0.1, -0.05) is 18.2 Å². The van der Waals surface area contributed by atoms with Gasteiger partial charge >= 0.3 is 0 Å². The predicted octanol–water partition coefficient (Wildman–Crippen LogP) is 3.91. The van der Waals surface area contributed by atoms with Crippen molar-refractivity contribution < 1.29 is 4.79 Å². The molecule has 130 valence electrons. The zero-order valence-electron chi connectivity index (χ0n) is 14.7. The van der Waals surface area contributed by atoms with Crippen LogP contribution in [-0.4, -0.2) is 26.9 Å². The van der Waals surface area contributed by atoms with E-state index in [0.29, 0.717) is 17.7 Å². The van der Waals surface area contributed by atoms with E-state index in [-0.39, 0.29) is 11.9 Å². The second-order valence-electron chi connectivity index (χ2n) is 6.55. The number of likely N-dealkylation sites (tertiary alicyclic amines) is 1. The van der Waals surface area contributed by atoms with E-state index in [1.807, 2.05) is 23.1 Å². The zero-order valence-corrected chi connectivity index (χ0v) is 14.7. The minimum absolute atomic E-state index is 0.0272. The van der Waals surface area contributed by atoms with Gasteiger partial charge in [-0.15, -0.1) is 0 Å². The van der Waals surface area contributed by atoms with Crippen LogP contribution in [0.25, 0.3) is 11.0 Å². The van der Waals surface area contributed by atoms with Crippen LogP contribution in [0.1, 0.15) is 47.6 Å². The maximum absolute atomic E-state index is 13.1. The van der Waals surface area contributed by atoms with Gasteiger partial charge in [0.15, 0.2) is 0 Å². The Morgan fingerprint density at radius 2 is 2.12 bits per heavy atom. The average Bonchev–Trinajstić information content (AvgIpc) is 3.31. The molecule has 3 aromatic rings. The zero-order chi connectivity index (χ0) is 18.1. The highest BCUT2D eigenvalue weighted by Gasteiger charge is 2.34. The minimum Gasteiger partial charge on any atom is -0.328 e. The molecule has 26 heavy (non-hydrogen) atoms. The number of nitriles is 1.